The summed E-state index contributed by atoms with van der Waals surface area (Å²) in [7, 11) is 1.18. The topological polar surface area (TPSA) is 175 Å². The quantitative estimate of drug-likeness (QED) is 0.149. The summed E-state index contributed by atoms with van der Waals surface area (Å²) in [6.07, 6.45) is -3.30. The van der Waals surface area contributed by atoms with Crippen LogP contribution in [0.2, 0.25) is 0 Å². The Labute approximate surface area is 222 Å². The van der Waals surface area contributed by atoms with E-state index in [9.17, 15) is 28.0 Å². The Morgan fingerprint density at radius 2 is 1.51 bits per heavy atom. The van der Waals surface area contributed by atoms with E-state index in [0.29, 0.717) is 17.7 Å². The standard InChI is InChI=1S/C26H26F2N6O5/c1-26(23(27)28,33-25(38)30-2)20(22(36)34-39)32-21(35)19-13-11-17(12-14-19)6-4-3-5-16-7-9-18(10-8-16)15-31-24(29)37/h7-14,20,23,39H,15H2,1-2H3,(H,32,35)(H,34,36)(H3,29,31,37)(H2,30,33,38). The van der Waals surface area contributed by atoms with Crippen LogP contribution in [0.15, 0.2) is 48.5 Å². The molecule has 0 saturated heterocycles. The molecule has 6 amide bonds. The number of carbonyl (C=O) groups is 4. The normalized spacial score (nSPS) is 12.3. The first-order valence-electron chi connectivity index (χ1n) is 11.3. The number of benzene rings is 2. The molecule has 0 aliphatic carbocycles. The fourth-order valence-electron chi connectivity index (χ4n) is 3.13. The van der Waals surface area contributed by atoms with Gasteiger partial charge in [-0.15, -0.1) is 0 Å². The number of nitrogens with two attached hydrogens (primary N) is 1. The lowest BCUT2D eigenvalue weighted by Crippen LogP contribution is -2.69. The SMILES string of the molecule is CNC(=O)NC(C)(C(F)F)C(NC(=O)c1ccc(C#CC#Cc2ccc(CNC(N)=O)cc2)cc1)C(=O)NO. The van der Waals surface area contributed by atoms with Crippen LogP contribution in [0.4, 0.5) is 18.4 Å². The third kappa shape index (κ3) is 8.73. The molecule has 0 aliphatic rings. The Bertz CT molecular complexity index is 1330. The number of halogens is 2. The van der Waals surface area contributed by atoms with Gasteiger partial charge in [-0.25, -0.2) is 23.9 Å². The molecule has 13 heteroatoms. The first-order valence-corrected chi connectivity index (χ1v) is 11.3. The van der Waals surface area contributed by atoms with Gasteiger partial charge in [-0.05, 0) is 60.7 Å². The summed E-state index contributed by atoms with van der Waals surface area (Å²) in [4.78, 5) is 47.3. The highest BCUT2D eigenvalue weighted by molar-refractivity contribution is 5.98. The summed E-state index contributed by atoms with van der Waals surface area (Å²) in [5.74, 6) is 8.74. The maximum absolute atomic E-state index is 13.9. The van der Waals surface area contributed by atoms with Crippen molar-refractivity contribution in [1.82, 2.24) is 26.7 Å². The van der Waals surface area contributed by atoms with Gasteiger partial charge in [-0.3, -0.25) is 14.8 Å². The molecule has 0 bridgehead atoms. The lowest BCUT2D eigenvalue weighted by atomic mass is 9.91. The molecule has 0 aliphatic heterocycles. The second kappa shape index (κ2) is 14.0. The monoisotopic (exact) mass is 540 g/mol. The zero-order valence-electron chi connectivity index (χ0n) is 20.9. The number of nitrogens with one attached hydrogen (secondary N) is 5. The van der Waals surface area contributed by atoms with Gasteiger partial charge in [0.05, 0.1) is 0 Å². The van der Waals surface area contributed by atoms with Crippen LogP contribution in [0.3, 0.4) is 0 Å². The van der Waals surface area contributed by atoms with E-state index in [-0.39, 0.29) is 5.56 Å². The fourth-order valence-corrected chi connectivity index (χ4v) is 3.13. The molecule has 11 nitrogen and oxygen atoms in total. The summed E-state index contributed by atoms with van der Waals surface area (Å²) in [5, 5.41) is 17.7. The van der Waals surface area contributed by atoms with Gasteiger partial charge in [0.25, 0.3) is 18.2 Å². The molecule has 204 valence electrons. The first-order chi connectivity index (χ1) is 18.5. The summed E-state index contributed by atoms with van der Waals surface area (Å²) in [6, 6.07) is 9.08. The lowest BCUT2D eigenvalue weighted by Gasteiger charge is -2.36. The number of rotatable bonds is 8. The van der Waals surface area contributed by atoms with Crippen molar-refractivity contribution in [3.05, 3.63) is 70.8 Å². The lowest BCUT2D eigenvalue weighted by molar-refractivity contribution is -0.135. The van der Waals surface area contributed by atoms with E-state index in [2.05, 4.69) is 39.6 Å². The highest BCUT2D eigenvalue weighted by atomic mass is 19.3. The zero-order chi connectivity index (χ0) is 29.0. The predicted octanol–water partition coefficient (Wildman–Crippen LogP) is 0.815. The molecule has 0 aromatic heterocycles. The van der Waals surface area contributed by atoms with Crippen LogP contribution in [0.25, 0.3) is 0 Å². The summed E-state index contributed by atoms with van der Waals surface area (Å²) in [6.45, 7) is 1.15. The van der Waals surface area contributed by atoms with Crippen LogP contribution in [-0.2, 0) is 11.3 Å². The minimum absolute atomic E-state index is 0.00449. The second-order valence-electron chi connectivity index (χ2n) is 8.16. The van der Waals surface area contributed by atoms with Crippen LogP contribution in [0.5, 0.6) is 0 Å². The Balaban J connectivity index is 2.11. The zero-order valence-corrected chi connectivity index (χ0v) is 20.9. The second-order valence-corrected chi connectivity index (χ2v) is 8.16. The number of alkyl halides is 2. The number of hydrogen-bond acceptors (Lipinski definition) is 5. The van der Waals surface area contributed by atoms with Crippen molar-refractivity contribution in [2.24, 2.45) is 5.73 Å². The van der Waals surface area contributed by atoms with Gasteiger partial charge in [0.1, 0.15) is 11.6 Å². The van der Waals surface area contributed by atoms with Crippen molar-refractivity contribution >= 4 is 23.9 Å². The Morgan fingerprint density at radius 1 is 0.974 bits per heavy atom. The highest BCUT2D eigenvalue weighted by Crippen LogP contribution is 2.21. The van der Waals surface area contributed by atoms with Crippen molar-refractivity contribution in [3.63, 3.8) is 0 Å². The molecule has 2 aromatic carbocycles. The molecule has 2 aromatic rings. The van der Waals surface area contributed by atoms with Gasteiger partial charge in [-0.1, -0.05) is 24.0 Å². The van der Waals surface area contributed by atoms with Crippen molar-refractivity contribution in [3.8, 4) is 23.7 Å². The number of amides is 6. The minimum atomic E-state index is -3.30. The fraction of sp³-hybridized carbons (Fsp3) is 0.231. The van der Waals surface area contributed by atoms with E-state index in [1.54, 1.807) is 24.3 Å². The molecule has 0 radical (unpaired) electrons. The molecular formula is C26H26F2N6O5. The molecular weight excluding hydrogens is 514 g/mol. The molecule has 39 heavy (non-hydrogen) atoms. The van der Waals surface area contributed by atoms with Crippen molar-refractivity contribution in [1.29, 1.82) is 0 Å². The molecule has 0 spiro atoms. The molecule has 8 N–H and O–H groups in total. The van der Waals surface area contributed by atoms with Gasteiger partial charge in [0.15, 0.2) is 0 Å². The third-order valence-electron chi connectivity index (χ3n) is 5.35. The van der Waals surface area contributed by atoms with E-state index in [4.69, 9.17) is 10.9 Å². The Hall–Kier alpha value is -5.14. The number of hydrogen-bond donors (Lipinski definition) is 7. The number of carbonyl (C=O) groups excluding carboxylic acids is 4. The molecule has 0 fully saturated rings. The molecule has 0 saturated carbocycles. The first kappa shape index (κ1) is 30.1. The third-order valence-corrected chi connectivity index (χ3v) is 5.35. The molecule has 0 heterocycles. The van der Waals surface area contributed by atoms with Crippen molar-refractivity contribution < 1.29 is 33.2 Å². The van der Waals surface area contributed by atoms with E-state index < -0.39 is 41.9 Å². The van der Waals surface area contributed by atoms with E-state index >= 15 is 0 Å². The molecule has 2 atom stereocenters. The summed E-state index contributed by atoms with van der Waals surface area (Å²) < 4.78 is 27.7. The summed E-state index contributed by atoms with van der Waals surface area (Å²) in [5.41, 5.74) is 5.74. The van der Waals surface area contributed by atoms with Gasteiger partial charge in [0, 0.05) is 30.3 Å². The van der Waals surface area contributed by atoms with Gasteiger partial charge in [-0.2, -0.15) is 0 Å². The number of urea groups is 2. The van der Waals surface area contributed by atoms with E-state index in [1.807, 2.05) is 5.32 Å². The largest absolute Gasteiger partial charge is 0.352 e. The number of primary amides is 1. The maximum atomic E-state index is 13.9. The minimum Gasteiger partial charge on any atom is -0.352 e. The van der Waals surface area contributed by atoms with Gasteiger partial charge < -0.3 is 27.0 Å². The average molecular weight is 541 g/mol. The van der Waals surface area contributed by atoms with Gasteiger partial charge in [0.2, 0.25) is 0 Å². The van der Waals surface area contributed by atoms with E-state index in [0.717, 1.165) is 12.5 Å². The smallest absolute Gasteiger partial charge is 0.315 e. The van der Waals surface area contributed by atoms with Crippen molar-refractivity contribution in [2.45, 2.75) is 31.5 Å². The summed E-state index contributed by atoms with van der Waals surface area (Å²) >= 11 is 0. The van der Waals surface area contributed by atoms with Crippen LogP contribution < -0.4 is 32.5 Å². The molecule has 2 unspecified atom stereocenters. The van der Waals surface area contributed by atoms with Crippen molar-refractivity contribution in [2.75, 3.05) is 7.05 Å². The molecule has 2 rings (SSSR count). The van der Waals surface area contributed by atoms with Crippen LogP contribution in [-0.4, -0.2) is 54.1 Å². The predicted molar refractivity (Wildman–Crippen MR) is 136 cm³/mol. The van der Waals surface area contributed by atoms with E-state index in [1.165, 1.54) is 36.8 Å². The highest BCUT2D eigenvalue weighted by Gasteiger charge is 2.48. The van der Waals surface area contributed by atoms with Crippen LogP contribution >= 0.6 is 0 Å². The van der Waals surface area contributed by atoms with Crippen LogP contribution in [0, 0.1) is 23.7 Å². The Morgan fingerprint density at radius 3 is 1.97 bits per heavy atom. The van der Waals surface area contributed by atoms with Crippen LogP contribution in [0.1, 0.15) is 34.0 Å². The Kier molecular flexibility index (Phi) is 10.8. The number of hydroxylamine groups is 1. The average Bonchev–Trinajstić information content (AvgIpc) is 2.92. The van der Waals surface area contributed by atoms with Gasteiger partial charge >= 0.3 is 12.1 Å². The maximum Gasteiger partial charge on any atom is 0.315 e.